The Morgan fingerprint density at radius 2 is 2.25 bits per heavy atom. The van der Waals surface area contributed by atoms with E-state index in [-0.39, 0.29) is 0 Å². The molecule has 0 saturated heterocycles. The molecule has 0 amide bonds. The first kappa shape index (κ1) is 15.6. The van der Waals surface area contributed by atoms with Crippen molar-refractivity contribution >= 4 is 11.5 Å². The summed E-state index contributed by atoms with van der Waals surface area (Å²) in [6.07, 6.45) is 5.54. The Labute approximate surface area is 138 Å². The van der Waals surface area contributed by atoms with Crippen LogP contribution in [0.15, 0.2) is 24.4 Å². The molecule has 3 heterocycles. The molecule has 0 N–H and O–H groups in total. The molecule has 3 aromatic heterocycles. The van der Waals surface area contributed by atoms with Crippen LogP contribution in [0, 0.1) is 18.3 Å². The average Bonchev–Trinajstić information content (AvgIpc) is 3.16. The zero-order valence-corrected chi connectivity index (χ0v) is 13.7. The lowest BCUT2D eigenvalue weighted by molar-refractivity contribution is 0.626. The predicted octanol–water partition coefficient (Wildman–Crippen LogP) is 1.02. The maximum Gasteiger partial charge on any atom is 0.194 e. The zero-order chi connectivity index (χ0) is 17.1. The summed E-state index contributed by atoms with van der Waals surface area (Å²) in [4.78, 5) is 7.92. The standard InChI is InChI=1S/C15H17N9/c1-4-5-6-23(10-13-19-21-22(3)20-13)14-7-11(2)18-15-12(8-16)9-17-24(14)15/h4-5,7,9H,6,10H2,1-3H3/b5-4+. The van der Waals surface area contributed by atoms with Gasteiger partial charge in [-0.3, -0.25) is 0 Å². The Hall–Kier alpha value is -3.28. The molecule has 0 fully saturated rings. The van der Waals surface area contributed by atoms with Crippen LogP contribution in [-0.2, 0) is 13.6 Å². The van der Waals surface area contributed by atoms with Gasteiger partial charge in [-0.25, -0.2) is 4.98 Å². The molecule has 0 atom stereocenters. The molecular formula is C15H17N9. The van der Waals surface area contributed by atoms with Crippen LogP contribution in [-0.4, -0.2) is 41.4 Å². The number of fused-ring (bicyclic) bond motifs is 1. The molecule has 0 radical (unpaired) electrons. The van der Waals surface area contributed by atoms with Crippen LogP contribution in [0.3, 0.4) is 0 Å². The van der Waals surface area contributed by atoms with Gasteiger partial charge in [-0.05, 0) is 19.1 Å². The van der Waals surface area contributed by atoms with E-state index in [1.54, 1.807) is 11.6 Å². The van der Waals surface area contributed by atoms with Gasteiger partial charge in [-0.1, -0.05) is 12.2 Å². The normalized spacial score (nSPS) is 11.2. The van der Waals surface area contributed by atoms with Gasteiger partial charge < -0.3 is 4.90 Å². The quantitative estimate of drug-likeness (QED) is 0.646. The van der Waals surface area contributed by atoms with Crippen LogP contribution in [0.5, 0.6) is 0 Å². The van der Waals surface area contributed by atoms with E-state index in [9.17, 15) is 5.26 Å². The summed E-state index contributed by atoms with van der Waals surface area (Å²) in [6, 6.07) is 4.05. The van der Waals surface area contributed by atoms with E-state index in [4.69, 9.17) is 0 Å². The summed E-state index contributed by atoms with van der Waals surface area (Å²) in [6.45, 7) is 4.98. The highest BCUT2D eigenvalue weighted by molar-refractivity contribution is 5.59. The summed E-state index contributed by atoms with van der Waals surface area (Å²) in [5.41, 5.74) is 1.81. The van der Waals surface area contributed by atoms with Crippen molar-refractivity contribution < 1.29 is 0 Å². The molecule has 9 heteroatoms. The number of rotatable bonds is 5. The minimum absolute atomic E-state index is 0.448. The first-order valence-electron chi connectivity index (χ1n) is 7.47. The smallest absolute Gasteiger partial charge is 0.194 e. The third kappa shape index (κ3) is 2.94. The molecule has 9 nitrogen and oxygen atoms in total. The van der Waals surface area contributed by atoms with Crippen molar-refractivity contribution in [2.45, 2.75) is 20.4 Å². The first-order valence-corrected chi connectivity index (χ1v) is 7.47. The zero-order valence-electron chi connectivity index (χ0n) is 13.7. The fourth-order valence-corrected chi connectivity index (χ4v) is 2.40. The minimum atomic E-state index is 0.448. The third-order valence-electron chi connectivity index (χ3n) is 3.47. The molecule has 24 heavy (non-hydrogen) atoms. The van der Waals surface area contributed by atoms with Crippen molar-refractivity contribution in [2.24, 2.45) is 7.05 Å². The lowest BCUT2D eigenvalue weighted by Crippen LogP contribution is -2.26. The highest BCUT2D eigenvalue weighted by atomic mass is 15.6. The van der Waals surface area contributed by atoms with Crippen LogP contribution in [0.4, 0.5) is 5.82 Å². The minimum Gasteiger partial charge on any atom is -0.345 e. The van der Waals surface area contributed by atoms with E-state index in [1.165, 1.54) is 11.0 Å². The van der Waals surface area contributed by atoms with Crippen molar-refractivity contribution in [1.29, 1.82) is 5.26 Å². The van der Waals surface area contributed by atoms with Crippen molar-refractivity contribution in [3.8, 4) is 6.07 Å². The Morgan fingerprint density at radius 3 is 2.92 bits per heavy atom. The molecule has 0 aromatic carbocycles. The van der Waals surface area contributed by atoms with E-state index < -0.39 is 0 Å². The van der Waals surface area contributed by atoms with Gasteiger partial charge in [-0.2, -0.15) is 19.7 Å². The average molecular weight is 323 g/mol. The number of nitrogens with zero attached hydrogens (tertiary/aromatic N) is 9. The second kappa shape index (κ2) is 6.45. The van der Waals surface area contributed by atoms with Crippen molar-refractivity contribution in [3.05, 3.63) is 41.5 Å². The van der Waals surface area contributed by atoms with Crippen LogP contribution < -0.4 is 4.90 Å². The highest BCUT2D eigenvalue weighted by Gasteiger charge is 2.17. The van der Waals surface area contributed by atoms with Gasteiger partial charge in [0.15, 0.2) is 11.5 Å². The number of hydrogen-bond acceptors (Lipinski definition) is 7. The molecule has 0 saturated carbocycles. The molecule has 0 aliphatic rings. The summed E-state index contributed by atoms with van der Waals surface area (Å²) in [5.74, 6) is 1.43. The van der Waals surface area contributed by atoms with Crippen LogP contribution in [0.1, 0.15) is 24.0 Å². The second-order valence-electron chi connectivity index (χ2n) is 5.31. The third-order valence-corrected chi connectivity index (χ3v) is 3.47. The Kier molecular flexibility index (Phi) is 4.20. The maximum atomic E-state index is 9.23. The largest absolute Gasteiger partial charge is 0.345 e. The number of hydrogen-bond donors (Lipinski definition) is 0. The number of anilines is 1. The predicted molar refractivity (Wildman–Crippen MR) is 87.1 cm³/mol. The van der Waals surface area contributed by atoms with Crippen LogP contribution in [0.25, 0.3) is 5.65 Å². The van der Waals surface area contributed by atoms with E-state index >= 15 is 0 Å². The topological polar surface area (TPSA) is 101 Å². The first-order chi connectivity index (χ1) is 11.6. The number of allylic oxidation sites excluding steroid dienone is 1. The lowest BCUT2D eigenvalue weighted by atomic mass is 10.3. The number of aromatic nitrogens is 7. The fraction of sp³-hybridized carbons (Fsp3) is 0.333. The van der Waals surface area contributed by atoms with Gasteiger partial charge in [-0.15, -0.1) is 10.2 Å². The summed E-state index contributed by atoms with van der Waals surface area (Å²) < 4.78 is 1.67. The van der Waals surface area contributed by atoms with Crippen LogP contribution >= 0.6 is 0 Å². The van der Waals surface area contributed by atoms with Crippen molar-refractivity contribution in [1.82, 2.24) is 34.8 Å². The van der Waals surface area contributed by atoms with E-state index in [2.05, 4.69) is 36.5 Å². The number of tetrazole rings is 1. The van der Waals surface area contributed by atoms with Gasteiger partial charge >= 0.3 is 0 Å². The molecule has 0 aliphatic carbocycles. The second-order valence-corrected chi connectivity index (χ2v) is 5.31. The van der Waals surface area contributed by atoms with Gasteiger partial charge in [0.25, 0.3) is 0 Å². The number of nitriles is 1. The highest BCUT2D eigenvalue weighted by Crippen LogP contribution is 2.20. The molecule has 0 aliphatic heterocycles. The van der Waals surface area contributed by atoms with Crippen molar-refractivity contribution in [2.75, 3.05) is 11.4 Å². The Bertz CT molecular complexity index is 928. The molecule has 0 unspecified atom stereocenters. The van der Waals surface area contributed by atoms with Gasteiger partial charge in [0.05, 0.1) is 19.8 Å². The molecule has 3 aromatic rings. The van der Waals surface area contributed by atoms with Gasteiger partial charge in [0.2, 0.25) is 0 Å². The number of aryl methyl sites for hydroxylation is 2. The summed E-state index contributed by atoms with van der Waals surface area (Å²) in [5, 5.41) is 25.7. The van der Waals surface area contributed by atoms with Crippen molar-refractivity contribution in [3.63, 3.8) is 0 Å². The summed E-state index contributed by atoms with van der Waals surface area (Å²) >= 11 is 0. The molecule has 3 rings (SSSR count). The van der Waals surface area contributed by atoms with E-state index in [0.29, 0.717) is 30.1 Å². The van der Waals surface area contributed by atoms with Gasteiger partial charge in [0.1, 0.15) is 17.5 Å². The Morgan fingerprint density at radius 1 is 1.42 bits per heavy atom. The van der Waals surface area contributed by atoms with E-state index in [1.807, 2.05) is 32.1 Å². The molecular weight excluding hydrogens is 306 g/mol. The molecule has 0 spiro atoms. The Balaban J connectivity index is 2.08. The van der Waals surface area contributed by atoms with Gasteiger partial charge in [0, 0.05) is 18.3 Å². The van der Waals surface area contributed by atoms with E-state index in [0.717, 1.165) is 11.5 Å². The van der Waals surface area contributed by atoms with Crippen LogP contribution in [0.2, 0.25) is 0 Å². The fourth-order valence-electron chi connectivity index (χ4n) is 2.40. The molecule has 0 bridgehead atoms. The maximum absolute atomic E-state index is 9.23. The molecule has 122 valence electrons. The SMILES string of the molecule is C/C=C/CN(Cc1nnn(C)n1)c1cc(C)nc2c(C#N)cnn12. The lowest BCUT2D eigenvalue weighted by Gasteiger charge is -2.22. The monoisotopic (exact) mass is 323 g/mol. The summed E-state index contributed by atoms with van der Waals surface area (Å²) in [7, 11) is 1.73.